The fourth-order valence-corrected chi connectivity index (χ4v) is 23.7. The highest BCUT2D eigenvalue weighted by Crippen LogP contribution is 2.42. The molecule has 0 unspecified atom stereocenters. The molecule has 14 aromatic rings. The van der Waals surface area contributed by atoms with E-state index in [1.54, 1.807) is 0 Å². The SMILES string of the molecule is c1ccc([Si](c2ccccc2)(c2ccccc2)c2cccc(-n3c4ccccc4c4cc(-n5c6ccccc6c6cccc(-c7cccc8c7[Si](c7ccccc7)(c7ccccc7)c7ccccc7-8)c65)ccc43)c2)cc1. The third-order valence-corrected chi connectivity index (χ3v) is 26.2. The van der Waals surface area contributed by atoms with Crippen molar-refractivity contribution in [3.63, 3.8) is 0 Å². The summed E-state index contributed by atoms with van der Waals surface area (Å²) in [7, 11) is -5.65. The largest absolute Gasteiger partial charge is 0.309 e. The monoisotopic (exact) mass is 998 g/mol. The van der Waals surface area contributed by atoms with Crippen LogP contribution < -0.4 is 41.5 Å². The Morgan fingerprint density at radius 2 is 0.684 bits per heavy atom. The van der Waals surface area contributed by atoms with E-state index < -0.39 is 16.1 Å². The molecule has 0 saturated carbocycles. The van der Waals surface area contributed by atoms with E-state index in [0.29, 0.717) is 0 Å². The first-order valence-corrected chi connectivity index (χ1v) is 30.4. The summed E-state index contributed by atoms with van der Waals surface area (Å²) in [6, 6.07) is 114. The van der Waals surface area contributed by atoms with E-state index in [9.17, 15) is 0 Å². The minimum atomic E-state index is -2.86. The van der Waals surface area contributed by atoms with E-state index in [1.807, 2.05) is 0 Å². The molecule has 0 atom stereocenters. The van der Waals surface area contributed by atoms with Gasteiger partial charge in [0.15, 0.2) is 16.1 Å². The Morgan fingerprint density at radius 1 is 0.263 bits per heavy atom. The number of rotatable bonds is 9. The van der Waals surface area contributed by atoms with Crippen LogP contribution in [-0.4, -0.2) is 25.3 Å². The quantitative estimate of drug-likeness (QED) is 0.101. The van der Waals surface area contributed by atoms with Gasteiger partial charge in [0, 0.05) is 38.5 Å². The minimum absolute atomic E-state index is 1.14. The molecule has 2 nitrogen and oxygen atoms in total. The van der Waals surface area contributed by atoms with Crippen LogP contribution in [0.15, 0.2) is 303 Å². The number of aromatic nitrogens is 2. The van der Waals surface area contributed by atoms with E-state index in [1.165, 1.54) is 107 Å². The maximum atomic E-state index is 2.56. The van der Waals surface area contributed by atoms with Crippen LogP contribution in [0.1, 0.15) is 0 Å². The molecule has 0 amide bonds. The Labute approximate surface area is 444 Å². The van der Waals surface area contributed by atoms with Gasteiger partial charge in [-0.1, -0.05) is 261 Å². The molecule has 0 saturated heterocycles. The molecule has 356 valence electrons. The minimum Gasteiger partial charge on any atom is -0.309 e. The molecule has 0 bridgehead atoms. The van der Waals surface area contributed by atoms with Gasteiger partial charge < -0.3 is 9.13 Å². The summed E-state index contributed by atoms with van der Waals surface area (Å²) in [5.74, 6) is 0. The van der Waals surface area contributed by atoms with Gasteiger partial charge in [0.25, 0.3) is 0 Å². The highest BCUT2D eigenvalue weighted by molar-refractivity contribution is 7.23. The second kappa shape index (κ2) is 17.7. The van der Waals surface area contributed by atoms with E-state index in [0.717, 1.165) is 11.4 Å². The van der Waals surface area contributed by atoms with Crippen LogP contribution in [0, 0.1) is 0 Å². The summed E-state index contributed by atoms with van der Waals surface area (Å²) in [6.45, 7) is 0. The Hall–Kier alpha value is -9.33. The summed E-state index contributed by atoms with van der Waals surface area (Å²) >= 11 is 0. The van der Waals surface area contributed by atoms with Gasteiger partial charge in [-0.3, -0.25) is 0 Å². The molecule has 1 aliphatic heterocycles. The van der Waals surface area contributed by atoms with Crippen molar-refractivity contribution >= 4 is 101 Å². The van der Waals surface area contributed by atoms with Gasteiger partial charge >= 0.3 is 0 Å². The topological polar surface area (TPSA) is 9.86 Å². The van der Waals surface area contributed by atoms with Crippen molar-refractivity contribution in [2.75, 3.05) is 0 Å². The molecule has 2 aromatic heterocycles. The van der Waals surface area contributed by atoms with Crippen molar-refractivity contribution in [3.8, 4) is 33.6 Å². The van der Waals surface area contributed by atoms with E-state index in [-0.39, 0.29) is 0 Å². The molecule has 0 N–H and O–H groups in total. The molecular weight excluding hydrogens is 949 g/mol. The molecule has 0 aliphatic carbocycles. The predicted octanol–water partition coefficient (Wildman–Crippen LogP) is 12.3. The average molecular weight is 999 g/mol. The lowest BCUT2D eigenvalue weighted by atomic mass is 9.97. The first-order valence-electron chi connectivity index (χ1n) is 26.4. The third-order valence-electron chi connectivity index (χ3n) is 16.5. The maximum Gasteiger partial charge on any atom is 0.181 e. The molecule has 3 heterocycles. The predicted molar refractivity (Wildman–Crippen MR) is 327 cm³/mol. The standard InChI is InChI=1S/C72H50N2Si2/c1-6-26-53(27-7-1)75(54-28-8-2-9-29-54,55-30-10-3-11-31-55)58-36-22-25-51(49-58)73-67-44-19-17-38-60(67)66-50-52(47-48-69(66)73)74-68-45-20-16-37-59(68)62-40-23-41-63(71(62)74)65-43-24-42-64-61-39-18-21-46-70(61)76(72(64)65,56-32-12-4-13-33-56)57-34-14-5-15-35-57/h1-50H. The zero-order valence-electron chi connectivity index (χ0n) is 41.8. The maximum absolute atomic E-state index is 2.86. The van der Waals surface area contributed by atoms with Crippen LogP contribution in [0.2, 0.25) is 0 Å². The lowest BCUT2D eigenvalue weighted by Gasteiger charge is -2.34. The van der Waals surface area contributed by atoms with Gasteiger partial charge in [-0.15, -0.1) is 0 Å². The second-order valence-corrected chi connectivity index (χ2v) is 27.8. The molecule has 15 rings (SSSR count). The van der Waals surface area contributed by atoms with Crippen LogP contribution in [-0.2, 0) is 0 Å². The summed E-state index contributed by atoms with van der Waals surface area (Å²) in [6.07, 6.45) is 0. The van der Waals surface area contributed by atoms with Crippen molar-refractivity contribution < 1.29 is 0 Å². The number of para-hydroxylation sites is 3. The number of benzene rings is 12. The van der Waals surface area contributed by atoms with E-state index >= 15 is 0 Å². The molecule has 0 spiro atoms. The highest BCUT2D eigenvalue weighted by Gasteiger charge is 2.50. The number of hydrogen-bond donors (Lipinski definition) is 0. The van der Waals surface area contributed by atoms with Crippen LogP contribution in [0.25, 0.3) is 77.2 Å². The van der Waals surface area contributed by atoms with Crippen LogP contribution in [0.3, 0.4) is 0 Å². The van der Waals surface area contributed by atoms with Crippen molar-refractivity contribution in [1.29, 1.82) is 0 Å². The van der Waals surface area contributed by atoms with Crippen molar-refractivity contribution in [2.45, 2.75) is 0 Å². The van der Waals surface area contributed by atoms with Gasteiger partial charge in [-0.2, -0.15) is 0 Å². The summed E-state index contributed by atoms with van der Waals surface area (Å²) in [4.78, 5) is 0. The molecule has 1 aliphatic rings. The fourth-order valence-electron chi connectivity index (χ4n) is 13.6. The Morgan fingerprint density at radius 3 is 1.32 bits per heavy atom. The van der Waals surface area contributed by atoms with Gasteiger partial charge in [0.1, 0.15) is 0 Å². The molecule has 12 aromatic carbocycles. The average Bonchev–Trinajstić information content (AvgIpc) is 4.13. The third kappa shape index (κ3) is 6.38. The highest BCUT2D eigenvalue weighted by atomic mass is 28.3. The van der Waals surface area contributed by atoms with Gasteiger partial charge in [0.05, 0.1) is 22.1 Å². The van der Waals surface area contributed by atoms with Crippen LogP contribution in [0.4, 0.5) is 0 Å². The zero-order valence-corrected chi connectivity index (χ0v) is 43.8. The van der Waals surface area contributed by atoms with Crippen molar-refractivity contribution in [1.82, 2.24) is 9.13 Å². The van der Waals surface area contributed by atoms with E-state index in [2.05, 4.69) is 312 Å². The summed E-state index contributed by atoms with van der Waals surface area (Å²) in [5.41, 5.74) is 12.3. The normalized spacial score (nSPS) is 12.8. The molecular formula is C72H50N2Si2. The summed E-state index contributed by atoms with van der Waals surface area (Å²) in [5, 5.41) is 16.1. The molecule has 4 heteroatoms. The first kappa shape index (κ1) is 44.2. The van der Waals surface area contributed by atoms with Gasteiger partial charge in [-0.05, 0) is 101 Å². The van der Waals surface area contributed by atoms with Crippen LogP contribution in [0.5, 0.6) is 0 Å². The van der Waals surface area contributed by atoms with Crippen molar-refractivity contribution in [2.24, 2.45) is 0 Å². The first-order chi connectivity index (χ1) is 37.7. The Balaban J connectivity index is 0.972. The van der Waals surface area contributed by atoms with Crippen molar-refractivity contribution in [3.05, 3.63) is 303 Å². The molecule has 0 fully saturated rings. The van der Waals surface area contributed by atoms with Gasteiger partial charge in [0.2, 0.25) is 0 Å². The number of fused-ring (bicyclic) bond motifs is 9. The van der Waals surface area contributed by atoms with E-state index in [4.69, 9.17) is 0 Å². The fraction of sp³-hybridized carbons (Fsp3) is 0. The molecule has 76 heavy (non-hydrogen) atoms. The molecule has 0 radical (unpaired) electrons. The smallest absolute Gasteiger partial charge is 0.181 e. The lowest BCUT2D eigenvalue weighted by molar-refractivity contribution is 1.17. The Kier molecular flexibility index (Phi) is 10.3. The second-order valence-electron chi connectivity index (χ2n) is 20.3. The van der Waals surface area contributed by atoms with Gasteiger partial charge in [-0.25, -0.2) is 0 Å². The zero-order chi connectivity index (χ0) is 50.2. The number of nitrogens with zero attached hydrogens (tertiary/aromatic N) is 2. The Bertz CT molecular complexity index is 4370. The lowest BCUT2D eigenvalue weighted by Crippen LogP contribution is -2.74. The number of hydrogen-bond acceptors (Lipinski definition) is 0. The summed E-state index contributed by atoms with van der Waals surface area (Å²) < 4.78 is 5.05. The van der Waals surface area contributed by atoms with Crippen LogP contribution >= 0.6 is 0 Å².